The minimum absolute atomic E-state index is 0.296. The largest absolute Gasteiger partial charge is 0.340 e. The molecule has 1 unspecified atom stereocenters. The molecule has 1 aliphatic rings. The molecule has 1 aliphatic heterocycles. The average molecular weight is 196 g/mol. The van der Waals surface area contributed by atoms with Gasteiger partial charge in [0, 0.05) is 12.2 Å². The lowest BCUT2D eigenvalue weighted by atomic mass is 10.1. The summed E-state index contributed by atoms with van der Waals surface area (Å²) in [6.07, 6.45) is 8.11. The standard InChI is InChI=1S/C13H12N2/c1-11-6-4-5-9-15(11)13-8-3-2-7-12(13)10-14/h2-9,11H,1H3. The van der Waals surface area contributed by atoms with Crippen molar-refractivity contribution in [1.82, 2.24) is 0 Å². The van der Waals surface area contributed by atoms with E-state index < -0.39 is 0 Å². The molecular formula is C13H12N2. The number of anilines is 1. The molecule has 0 saturated heterocycles. The third kappa shape index (κ3) is 1.77. The van der Waals surface area contributed by atoms with Crippen molar-refractivity contribution >= 4 is 5.69 Å². The van der Waals surface area contributed by atoms with Crippen molar-refractivity contribution in [2.75, 3.05) is 4.90 Å². The van der Waals surface area contributed by atoms with Crippen LogP contribution >= 0.6 is 0 Å². The molecule has 0 amide bonds. The van der Waals surface area contributed by atoms with E-state index in [1.54, 1.807) is 0 Å². The van der Waals surface area contributed by atoms with Gasteiger partial charge in [-0.1, -0.05) is 24.3 Å². The molecular weight excluding hydrogens is 184 g/mol. The highest BCUT2D eigenvalue weighted by Gasteiger charge is 2.14. The number of hydrogen-bond donors (Lipinski definition) is 0. The predicted molar refractivity (Wildman–Crippen MR) is 61.4 cm³/mol. The monoisotopic (exact) mass is 196 g/mol. The average Bonchev–Trinajstić information content (AvgIpc) is 2.30. The molecule has 0 saturated carbocycles. The van der Waals surface area contributed by atoms with Gasteiger partial charge in [0.1, 0.15) is 6.07 Å². The first-order chi connectivity index (χ1) is 7.33. The molecule has 0 radical (unpaired) electrons. The Morgan fingerprint density at radius 2 is 2.07 bits per heavy atom. The normalized spacial score (nSPS) is 18.9. The summed E-state index contributed by atoms with van der Waals surface area (Å²) < 4.78 is 0. The Balaban J connectivity index is 2.42. The van der Waals surface area contributed by atoms with Gasteiger partial charge in [-0.15, -0.1) is 0 Å². The van der Waals surface area contributed by atoms with Crippen molar-refractivity contribution < 1.29 is 0 Å². The van der Waals surface area contributed by atoms with Crippen LogP contribution in [0.25, 0.3) is 0 Å². The van der Waals surface area contributed by atoms with E-state index in [-0.39, 0.29) is 0 Å². The lowest BCUT2D eigenvalue weighted by Gasteiger charge is -2.28. The molecule has 2 rings (SSSR count). The van der Waals surface area contributed by atoms with Gasteiger partial charge in [-0.05, 0) is 25.1 Å². The third-order valence-electron chi connectivity index (χ3n) is 2.49. The van der Waals surface area contributed by atoms with E-state index in [1.165, 1.54) is 0 Å². The molecule has 2 nitrogen and oxygen atoms in total. The molecule has 1 aromatic carbocycles. The fourth-order valence-corrected chi connectivity index (χ4v) is 1.69. The molecule has 0 fully saturated rings. The quantitative estimate of drug-likeness (QED) is 0.690. The second-order valence-electron chi connectivity index (χ2n) is 3.50. The maximum Gasteiger partial charge on any atom is 0.101 e. The summed E-state index contributed by atoms with van der Waals surface area (Å²) in [5.41, 5.74) is 1.68. The molecule has 0 aromatic heterocycles. The summed E-state index contributed by atoms with van der Waals surface area (Å²) in [5, 5.41) is 9.02. The number of nitrogens with zero attached hydrogens (tertiary/aromatic N) is 2. The van der Waals surface area contributed by atoms with Crippen molar-refractivity contribution in [2.24, 2.45) is 0 Å². The van der Waals surface area contributed by atoms with Gasteiger partial charge in [0.15, 0.2) is 0 Å². The van der Waals surface area contributed by atoms with Crippen LogP contribution in [-0.4, -0.2) is 6.04 Å². The van der Waals surface area contributed by atoms with Crippen LogP contribution in [0.5, 0.6) is 0 Å². The summed E-state index contributed by atoms with van der Waals surface area (Å²) in [4.78, 5) is 2.10. The number of para-hydroxylation sites is 1. The van der Waals surface area contributed by atoms with Crippen LogP contribution in [0.15, 0.2) is 48.7 Å². The van der Waals surface area contributed by atoms with Gasteiger partial charge in [0.2, 0.25) is 0 Å². The second kappa shape index (κ2) is 4.02. The number of rotatable bonds is 1. The summed E-state index contributed by atoms with van der Waals surface area (Å²) in [6, 6.07) is 10.2. The highest BCUT2D eigenvalue weighted by atomic mass is 15.1. The van der Waals surface area contributed by atoms with Gasteiger partial charge in [-0.3, -0.25) is 0 Å². The minimum Gasteiger partial charge on any atom is -0.340 e. The van der Waals surface area contributed by atoms with Crippen molar-refractivity contribution in [2.45, 2.75) is 13.0 Å². The lowest BCUT2D eigenvalue weighted by Crippen LogP contribution is -2.27. The van der Waals surface area contributed by atoms with Crippen LogP contribution in [0.1, 0.15) is 12.5 Å². The smallest absolute Gasteiger partial charge is 0.101 e. The molecule has 0 bridgehead atoms. The first-order valence-corrected chi connectivity index (χ1v) is 4.95. The fraction of sp³-hybridized carbons (Fsp3) is 0.154. The molecule has 1 atom stereocenters. The van der Waals surface area contributed by atoms with Crippen molar-refractivity contribution in [1.29, 1.82) is 5.26 Å². The van der Waals surface area contributed by atoms with Crippen molar-refractivity contribution in [3.05, 3.63) is 54.3 Å². The maximum absolute atomic E-state index is 9.02. The highest BCUT2D eigenvalue weighted by Crippen LogP contribution is 2.24. The van der Waals surface area contributed by atoms with Crippen LogP contribution < -0.4 is 4.90 Å². The van der Waals surface area contributed by atoms with Crippen molar-refractivity contribution in [3.8, 4) is 6.07 Å². The Morgan fingerprint density at radius 1 is 1.27 bits per heavy atom. The van der Waals surface area contributed by atoms with E-state index in [9.17, 15) is 0 Å². The van der Waals surface area contributed by atoms with Gasteiger partial charge in [-0.25, -0.2) is 0 Å². The minimum atomic E-state index is 0.296. The van der Waals surface area contributed by atoms with E-state index in [0.717, 1.165) is 5.69 Å². The lowest BCUT2D eigenvalue weighted by molar-refractivity contribution is 0.847. The van der Waals surface area contributed by atoms with E-state index in [2.05, 4.69) is 24.0 Å². The van der Waals surface area contributed by atoms with Crippen LogP contribution in [0.2, 0.25) is 0 Å². The maximum atomic E-state index is 9.02. The first kappa shape index (κ1) is 9.54. The third-order valence-corrected chi connectivity index (χ3v) is 2.49. The Labute approximate surface area is 89.8 Å². The summed E-state index contributed by atoms with van der Waals surface area (Å²) in [5.74, 6) is 0. The SMILES string of the molecule is CC1C=CC=CN1c1ccccc1C#N. The molecule has 74 valence electrons. The molecule has 0 spiro atoms. The molecule has 1 heterocycles. The summed E-state index contributed by atoms with van der Waals surface area (Å²) in [6.45, 7) is 2.11. The van der Waals surface area contributed by atoms with Gasteiger partial charge in [-0.2, -0.15) is 5.26 Å². The van der Waals surface area contributed by atoms with E-state index in [1.807, 2.05) is 42.6 Å². The van der Waals surface area contributed by atoms with Gasteiger partial charge in [0.25, 0.3) is 0 Å². The number of benzene rings is 1. The fourth-order valence-electron chi connectivity index (χ4n) is 1.69. The zero-order valence-corrected chi connectivity index (χ0v) is 8.59. The Kier molecular flexibility index (Phi) is 2.55. The topological polar surface area (TPSA) is 27.0 Å². The first-order valence-electron chi connectivity index (χ1n) is 4.95. The highest BCUT2D eigenvalue weighted by molar-refractivity contribution is 5.62. The molecule has 15 heavy (non-hydrogen) atoms. The van der Waals surface area contributed by atoms with Crippen LogP contribution in [0, 0.1) is 11.3 Å². The van der Waals surface area contributed by atoms with Gasteiger partial charge < -0.3 is 4.90 Å². The van der Waals surface area contributed by atoms with E-state index in [0.29, 0.717) is 11.6 Å². The molecule has 1 aromatic rings. The van der Waals surface area contributed by atoms with Crippen LogP contribution in [0.3, 0.4) is 0 Å². The Bertz CT molecular complexity index is 452. The summed E-state index contributed by atoms with van der Waals surface area (Å²) in [7, 11) is 0. The van der Waals surface area contributed by atoms with Crippen LogP contribution in [0.4, 0.5) is 5.69 Å². The Hall–Kier alpha value is -2.01. The van der Waals surface area contributed by atoms with Crippen LogP contribution in [-0.2, 0) is 0 Å². The number of allylic oxidation sites excluding steroid dienone is 2. The predicted octanol–water partition coefficient (Wildman–Crippen LogP) is 2.84. The number of hydrogen-bond acceptors (Lipinski definition) is 2. The molecule has 2 heteroatoms. The Morgan fingerprint density at radius 3 is 2.80 bits per heavy atom. The molecule has 0 aliphatic carbocycles. The second-order valence-corrected chi connectivity index (χ2v) is 3.50. The van der Waals surface area contributed by atoms with Crippen molar-refractivity contribution in [3.63, 3.8) is 0 Å². The van der Waals surface area contributed by atoms with Gasteiger partial charge in [0.05, 0.1) is 11.3 Å². The molecule has 0 N–H and O–H groups in total. The summed E-state index contributed by atoms with van der Waals surface area (Å²) >= 11 is 0. The van der Waals surface area contributed by atoms with E-state index >= 15 is 0 Å². The number of nitriles is 1. The van der Waals surface area contributed by atoms with Gasteiger partial charge >= 0.3 is 0 Å². The zero-order chi connectivity index (χ0) is 10.7. The zero-order valence-electron chi connectivity index (χ0n) is 8.59. The van der Waals surface area contributed by atoms with E-state index in [4.69, 9.17) is 5.26 Å².